The van der Waals surface area contributed by atoms with Crippen molar-refractivity contribution in [3.05, 3.63) is 29.8 Å². The zero-order valence-corrected chi connectivity index (χ0v) is 16.2. The molecule has 0 bridgehead atoms. The summed E-state index contributed by atoms with van der Waals surface area (Å²) in [6.07, 6.45) is 2.44. The van der Waals surface area contributed by atoms with Crippen LogP contribution in [-0.2, 0) is 14.8 Å². The number of rotatable bonds is 5. The Morgan fingerprint density at radius 3 is 2.54 bits per heavy atom. The van der Waals surface area contributed by atoms with Gasteiger partial charge in [-0.2, -0.15) is 4.31 Å². The molecule has 2 fully saturated rings. The molecule has 3 rings (SSSR count). The van der Waals surface area contributed by atoms with Crippen molar-refractivity contribution >= 4 is 15.9 Å². The summed E-state index contributed by atoms with van der Waals surface area (Å²) in [7, 11) is -0.0805. The van der Waals surface area contributed by atoms with Gasteiger partial charge in [-0.05, 0) is 44.5 Å². The Hall–Kier alpha value is -1.48. The molecular weight excluding hydrogens is 354 g/mol. The van der Waals surface area contributed by atoms with Gasteiger partial charge in [0.05, 0.1) is 11.0 Å². The Kier molecular flexibility index (Phi) is 5.96. The molecule has 1 aromatic carbocycles. The lowest BCUT2D eigenvalue weighted by Gasteiger charge is -2.32. The van der Waals surface area contributed by atoms with E-state index in [1.165, 1.54) is 10.4 Å². The number of hydrogen-bond acceptors (Lipinski definition) is 5. The van der Waals surface area contributed by atoms with Crippen molar-refractivity contribution in [2.75, 3.05) is 40.3 Å². The highest BCUT2D eigenvalue weighted by Gasteiger charge is 2.33. The van der Waals surface area contributed by atoms with Gasteiger partial charge in [0, 0.05) is 44.9 Å². The molecule has 2 heterocycles. The number of piperidine rings is 1. The van der Waals surface area contributed by atoms with Crippen LogP contribution in [0.4, 0.5) is 0 Å². The average Bonchev–Trinajstić information content (AvgIpc) is 3.18. The monoisotopic (exact) mass is 381 g/mol. The summed E-state index contributed by atoms with van der Waals surface area (Å²) >= 11 is 0. The van der Waals surface area contributed by atoms with E-state index in [4.69, 9.17) is 4.74 Å². The molecule has 0 radical (unpaired) electrons. The molecule has 1 aromatic rings. The van der Waals surface area contributed by atoms with Crippen molar-refractivity contribution < 1.29 is 17.9 Å². The fourth-order valence-corrected chi connectivity index (χ4v) is 5.13. The molecule has 0 aromatic heterocycles. The summed E-state index contributed by atoms with van der Waals surface area (Å²) in [6.45, 7) is 2.16. The zero-order chi connectivity index (χ0) is 18.7. The molecule has 1 atom stereocenters. The van der Waals surface area contributed by atoms with Crippen LogP contribution >= 0.6 is 0 Å². The highest BCUT2D eigenvalue weighted by Crippen LogP contribution is 2.24. The van der Waals surface area contributed by atoms with Gasteiger partial charge in [-0.15, -0.1) is 0 Å². The topological polar surface area (TPSA) is 79.0 Å². The van der Waals surface area contributed by atoms with Crippen LogP contribution < -0.4 is 5.32 Å². The Balaban J connectivity index is 1.75. The summed E-state index contributed by atoms with van der Waals surface area (Å²) in [5.41, 5.74) is 0.427. The maximum absolute atomic E-state index is 12.9. The maximum atomic E-state index is 12.9. The average molecular weight is 381 g/mol. The first kappa shape index (κ1) is 19.3. The van der Waals surface area contributed by atoms with Gasteiger partial charge in [0.15, 0.2) is 0 Å². The number of likely N-dealkylation sites (tertiary alicyclic amines) is 1. The summed E-state index contributed by atoms with van der Waals surface area (Å²) in [5, 5.41) is 3.24. The van der Waals surface area contributed by atoms with E-state index in [0.717, 1.165) is 12.8 Å². The van der Waals surface area contributed by atoms with Crippen LogP contribution in [0, 0.1) is 0 Å². The quantitative estimate of drug-likeness (QED) is 0.821. The van der Waals surface area contributed by atoms with Crippen molar-refractivity contribution in [3.8, 4) is 0 Å². The second kappa shape index (κ2) is 8.04. The Morgan fingerprint density at radius 2 is 1.92 bits per heavy atom. The highest BCUT2D eigenvalue weighted by molar-refractivity contribution is 7.89. The third-order valence-corrected chi connectivity index (χ3v) is 7.21. The summed E-state index contributed by atoms with van der Waals surface area (Å²) in [6, 6.07) is 6.83. The van der Waals surface area contributed by atoms with Crippen LogP contribution in [0.15, 0.2) is 29.2 Å². The first-order valence-electron chi connectivity index (χ1n) is 9.05. The SMILES string of the molecule is CNC1CCN(C(=O)c2cccc(S(=O)(=O)N3CCC(OC)C3)c2)CC1. The van der Waals surface area contributed by atoms with Crippen LogP contribution in [0.2, 0.25) is 0 Å². The third kappa shape index (κ3) is 3.93. The lowest BCUT2D eigenvalue weighted by atomic mass is 10.0. The van der Waals surface area contributed by atoms with Crippen LogP contribution in [0.25, 0.3) is 0 Å². The molecule has 0 saturated carbocycles. The number of nitrogens with one attached hydrogen (secondary N) is 1. The molecule has 0 aliphatic carbocycles. The Bertz CT molecular complexity index is 745. The van der Waals surface area contributed by atoms with E-state index in [2.05, 4.69) is 5.32 Å². The normalized spacial score (nSPS) is 22.7. The van der Waals surface area contributed by atoms with Gasteiger partial charge in [0.1, 0.15) is 0 Å². The van der Waals surface area contributed by atoms with Gasteiger partial charge in [0.25, 0.3) is 5.91 Å². The second-order valence-corrected chi connectivity index (χ2v) is 8.83. The highest BCUT2D eigenvalue weighted by atomic mass is 32.2. The van der Waals surface area contributed by atoms with E-state index in [1.807, 2.05) is 7.05 Å². The van der Waals surface area contributed by atoms with Crippen molar-refractivity contribution in [3.63, 3.8) is 0 Å². The lowest BCUT2D eigenvalue weighted by molar-refractivity contribution is 0.0707. The number of methoxy groups -OCH3 is 1. The van der Waals surface area contributed by atoms with Crippen LogP contribution in [0.1, 0.15) is 29.6 Å². The van der Waals surface area contributed by atoms with Gasteiger partial charge >= 0.3 is 0 Å². The molecule has 2 aliphatic rings. The largest absolute Gasteiger partial charge is 0.380 e. The number of benzene rings is 1. The Morgan fingerprint density at radius 1 is 1.19 bits per heavy atom. The fraction of sp³-hybridized carbons (Fsp3) is 0.611. The Labute approximate surface area is 155 Å². The summed E-state index contributed by atoms with van der Waals surface area (Å²) < 4.78 is 32.4. The fourth-order valence-electron chi connectivity index (χ4n) is 3.60. The molecule has 7 nitrogen and oxygen atoms in total. The van der Waals surface area contributed by atoms with Crippen molar-refractivity contribution in [1.82, 2.24) is 14.5 Å². The molecule has 2 aliphatic heterocycles. The van der Waals surface area contributed by atoms with Gasteiger partial charge < -0.3 is 15.0 Å². The van der Waals surface area contributed by atoms with Crippen molar-refractivity contribution in [2.45, 2.75) is 36.3 Å². The molecule has 1 N–H and O–H groups in total. The predicted octanol–water partition coefficient (Wildman–Crippen LogP) is 0.920. The predicted molar refractivity (Wildman–Crippen MR) is 98.6 cm³/mol. The molecule has 1 unspecified atom stereocenters. The van der Waals surface area contributed by atoms with Crippen molar-refractivity contribution in [1.29, 1.82) is 0 Å². The van der Waals surface area contributed by atoms with Gasteiger partial charge in [-0.1, -0.05) is 6.07 Å². The van der Waals surface area contributed by atoms with Crippen LogP contribution in [-0.4, -0.2) is 76.0 Å². The first-order chi connectivity index (χ1) is 12.5. The van der Waals surface area contributed by atoms with E-state index < -0.39 is 10.0 Å². The van der Waals surface area contributed by atoms with E-state index in [-0.39, 0.29) is 16.9 Å². The van der Waals surface area contributed by atoms with Crippen LogP contribution in [0.5, 0.6) is 0 Å². The number of carbonyl (C=O) groups is 1. The summed E-state index contributed by atoms with van der Waals surface area (Å²) in [5.74, 6) is -0.104. The molecule has 1 amide bonds. The number of sulfonamides is 1. The van der Waals surface area contributed by atoms with E-state index in [9.17, 15) is 13.2 Å². The molecule has 26 heavy (non-hydrogen) atoms. The number of carbonyl (C=O) groups excluding carboxylic acids is 1. The molecule has 144 valence electrons. The number of ether oxygens (including phenoxy) is 1. The smallest absolute Gasteiger partial charge is 0.253 e. The molecule has 2 saturated heterocycles. The van der Waals surface area contributed by atoms with Gasteiger partial charge in [-0.3, -0.25) is 4.79 Å². The minimum absolute atomic E-state index is 0.0666. The van der Waals surface area contributed by atoms with Crippen LogP contribution in [0.3, 0.4) is 0 Å². The standard InChI is InChI=1S/C18H27N3O4S/c1-19-15-6-9-20(10-7-15)18(22)14-4-3-5-17(12-14)26(23,24)21-11-8-16(13-21)25-2/h3-5,12,15-16,19H,6-11,13H2,1-2H3. The number of nitrogens with zero attached hydrogens (tertiary/aromatic N) is 2. The minimum atomic E-state index is -3.61. The lowest BCUT2D eigenvalue weighted by Crippen LogP contribution is -2.44. The van der Waals surface area contributed by atoms with Crippen molar-refractivity contribution in [2.24, 2.45) is 0 Å². The number of amides is 1. The van der Waals surface area contributed by atoms with E-state index in [0.29, 0.717) is 44.2 Å². The molecule has 8 heteroatoms. The second-order valence-electron chi connectivity index (χ2n) is 6.89. The van der Waals surface area contributed by atoms with E-state index >= 15 is 0 Å². The third-order valence-electron chi connectivity index (χ3n) is 5.35. The summed E-state index contributed by atoms with van der Waals surface area (Å²) in [4.78, 5) is 14.7. The first-order valence-corrected chi connectivity index (χ1v) is 10.5. The van der Waals surface area contributed by atoms with E-state index in [1.54, 1.807) is 30.2 Å². The number of hydrogen-bond donors (Lipinski definition) is 1. The molecular formula is C18H27N3O4S. The van der Waals surface area contributed by atoms with Gasteiger partial charge in [0.2, 0.25) is 10.0 Å². The minimum Gasteiger partial charge on any atom is -0.380 e. The van der Waals surface area contributed by atoms with Gasteiger partial charge in [-0.25, -0.2) is 8.42 Å². The zero-order valence-electron chi connectivity index (χ0n) is 15.3. The molecule has 0 spiro atoms. The maximum Gasteiger partial charge on any atom is 0.253 e.